The highest BCUT2D eigenvalue weighted by molar-refractivity contribution is 5.96. The number of alkyl halides is 3. The van der Waals surface area contributed by atoms with Gasteiger partial charge < -0.3 is 10.4 Å². The van der Waals surface area contributed by atoms with Crippen LogP contribution in [0.25, 0.3) is 0 Å². The molecule has 26 heavy (non-hydrogen) atoms. The topological polar surface area (TPSA) is 90.2 Å². The minimum atomic E-state index is -4.63. The van der Waals surface area contributed by atoms with E-state index in [0.717, 1.165) is 6.07 Å². The first-order valence-corrected chi connectivity index (χ1v) is 7.41. The third kappa shape index (κ3) is 4.60. The van der Waals surface area contributed by atoms with Gasteiger partial charge in [0, 0.05) is 12.0 Å². The largest absolute Gasteiger partial charge is 0.480 e. The molecule has 0 aliphatic rings. The average Bonchev–Trinajstić information content (AvgIpc) is 2.60. The average molecular weight is 362 g/mol. The standard InChI is InChI=1S/C18H13F3N2O3/c19-18(20,21)14-4-2-1-3-13(14)9-15(17(25)26)23-16(24)12-7-5-11(10-22)6-8-12/h1-8,15H,9H2,(H,23,24)(H,25,26)/t15-/m0/s1. The number of carboxylic acid groups (broad SMARTS) is 1. The van der Waals surface area contributed by atoms with Gasteiger partial charge in [0.25, 0.3) is 5.91 Å². The summed E-state index contributed by atoms with van der Waals surface area (Å²) in [5, 5.41) is 20.2. The number of rotatable bonds is 5. The van der Waals surface area contributed by atoms with Gasteiger partial charge in [-0.3, -0.25) is 4.79 Å². The van der Waals surface area contributed by atoms with Crippen LogP contribution in [-0.2, 0) is 17.4 Å². The maximum atomic E-state index is 13.0. The number of hydrogen-bond donors (Lipinski definition) is 2. The Hall–Kier alpha value is -3.34. The second-order valence-corrected chi connectivity index (χ2v) is 5.41. The number of carbonyl (C=O) groups excluding carboxylic acids is 1. The molecule has 0 fully saturated rings. The van der Waals surface area contributed by atoms with Crippen molar-refractivity contribution in [2.24, 2.45) is 0 Å². The maximum absolute atomic E-state index is 13.0. The molecule has 0 spiro atoms. The molecular weight excluding hydrogens is 349 g/mol. The van der Waals surface area contributed by atoms with E-state index in [9.17, 15) is 27.9 Å². The van der Waals surface area contributed by atoms with Gasteiger partial charge in [0.1, 0.15) is 6.04 Å². The van der Waals surface area contributed by atoms with Gasteiger partial charge in [0.05, 0.1) is 17.2 Å². The summed E-state index contributed by atoms with van der Waals surface area (Å²) in [5.74, 6) is -2.21. The zero-order valence-electron chi connectivity index (χ0n) is 13.2. The van der Waals surface area contributed by atoms with Crippen LogP contribution in [-0.4, -0.2) is 23.0 Å². The molecule has 0 saturated heterocycles. The molecule has 0 aliphatic heterocycles. The van der Waals surface area contributed by atoms with Crippen LogP contribution in [0, 0.1) is 11.3 Å². The lowest BCUT2D eigenvalue weighted by molar-refractivity contribution is -0.141. The third-order valence-electron chi connectivity index (χ3n) is 3.63. The highest BCUT2D eigenvalue weighted by atomic mass is 19.4. The Morgan fingerprint density at radius 3 is 2.27 bits per heavy atom. The van der Waals surface area contributed by atoms with E-state index in [1.54, 1.807) is 0 Å². The van der Waals surface area contributed by atoms with Gasteiger partial charge >= 0.3 is 12.1 Å². The number of carboxylic acids is 1. The van der Waals surface area contributed by atoms with Crippen molar-refractivity contribution in [3.05, 3.63) is 70.8 Å². The fraction of sp³-hybridized carbons (Fsp3) is 0.167. The number of amides is 1. The first kappa shape index (κ1) is 19.0. The summed E-state index contributed by atoms with van der Waals surface area (Å²) in [5.41, 5.74) is -0.763. The lowest BCUT2D eigenvalue weighted by Gasteiger charge is -2.18. The molecule has 2 rings (SSSR count). The van der Waals surface area contributed by atoms with Gasteiger partial charge in [-0.25, -0.2) is 4.79 Å². The summed E-state index contributed by atoms with van der Waals surface area (Å²) in [6, 6.07) is 10.4. The van der Waals surface area contributed by atoms with Crippen molar-refractivity contribution < 1.29 is 27.9 Å². The van der Waals surface area contributed by atoms with E-state index in [-0.39, 0.29) is 11.1 Å². The van der Waals surface area contributed by atoms with Crippen molar-refractivity contribution in [2.75, 3.05) is 0 Å². The van der Waals surface area contributed by atoms with Crippen molar-refractivity contribution in [1.29, 1.82) is 5.26 Å². The number of nitrogens with one attached hydrogen (secondary N) is 1. The van der Waals surface area contributed by atoms with Crippen molar-refractivity contribution in [3.8, 4) is 6.07 Å². The summed E-state index contributed by atoms with van der Waals surface area (Å²) >= 11 is 0. The predicted octanol–water partition coefficient (Wildman–Crippen LogP) is 3.00. The molecular formula is C18H13F3N2O3. The number of aliphatic carboxylic acids is 1. The number of carbonyl (C=O) groups is 2. The van der Waals surface area contributed by atoms with E-state index in [1.165, 1.54) is 42.5 Å². The molecule has 8 heteroatoms. The van der Waals surface area contributed by atoms with Gasteiger partial charge in [-0.2, -0.15) is 18.4 Å². The van der Waals surface area contributed by atoms with E-state index >= 15 is 0 Å². The minimum absolute atomic E-state index is 0.0966. The van der Waals surface area contributed by atoms with Crippen LogP contribution >= 0.6 is 0 Å². The molecule has 2 aromatic carbocycles. The Morgan fingerprint density at radius 1 is 1.12 bits per heavy atom. The molecule has 134 valence electrons. The van der Waals surface area contributed by atoms with E-state index in [2.05, 4.69) is 5.32 Å². The molecule has 0 unspecified atom stereocenters. The van der Waals surface area contributed by atoms with Crippen molar-refractivity contribution in [2.45, 2.75) is 18.6 Å². The molecule has 0 aromatic heterocycles. The minimum Gasteiger partial charge on any atom is -0.480 e. The van der Waals surface area contributed by atoms with Gasteiger partial charge in [-0.05, 0) is 35.9 Å². The van der Waals surface area contributed by atoms with Gasteiger partial charge in [-0.1, -0.05) is 18.2 Å². The molecule has 0 aliphatic carbocycles. The molecule has 2 aromatic rings. The normalized spacial score (nSPS) is 12.1. The highest BCUT2D eigenvalue weighted by Crippen LogP contribution is 2.32. The Kier molecular flexibility index (Phi) is 5.62. The van der Waals surface area contributed by atoms with Gasteiger partial charge in [-0.15, -0.1) is 0 Å². The van der Waals surface area contributed by atoms with E-state index in [0.29, 0.717) is 5.56 Å². The Balaban J connectivity index is 2.21. The van der Waals surface area contributed by atoms with Crippen LogP contribution in [0.3, 0.4) is 0 Å². The van der Waals surface area contributed by atoms with Crippen LogP contribution in [0.2, 0.25) is 0 Å². The fourth-order valence-electron chi connectivity index (χ4n) is 2.33. The zero-order chi connectivity index (χ0) is 19.3. The quantitative estimate of drug-likeness (QED) is 0.856. The number of halogens is 3. The van der Waals surface area contributed by atoms with E-state index in [1.807, 2.05) is 6.07 Å². The van der Waals surface area contributed by atoms with E-state index in [4.69, 9.17) is 5.26 Å². The highest BCUT2D eigenvalue weighted by Gasteiger charge is 2.34. The van der Waals surface area contributed by atoms with Crippen LogP contribution in [0.1, 0.15) is 27.0 Å². The number of benzene rings is 2. The summed E-state index contributed by atoms with van der Waals surface area (Å²) in [7, 11) is 0. The summed E-state index contributed by atoms with van der Waals surface area (Å²) in [4.78, 5) is 23.5. The van der Waals surface area contributed by atoms with Crippen molar-refractivity contribution in [1.82, 2.24) is 5.32 Å². The Labute approximate surface area is 146 Å². The first-order valence-electron chi connectivity index (χ1n) is 7.41. The number of nitriles is 1. The van der Waals surface area contributed by atoms with Crippen LogP contribution < -0.4 is 5.32 Å². The third-order valence-corrected chi connectivity index (χ3v) is 3.63. The second kappa shape index (κ2) is 7.70. The molecule has 0 radical (unpaired) electrons. The van der Waals surface area contributed by atoms with Crippen molar-refractivity contribution in [3.63, 3.8) is 0 Å². The molecule has 0 heterocycles. The SMILES string of the molecule is N#Cc1ccc(C(=O)N[C@@H](Cc2ccccc2C(F)(F)F)C(=O)O)cc1. The lowest BCUT2D eigenvalue weighted by atomic mass is 9.99. The molecule has 0 bridgehead atoms. The maximum Gasteiger partial charge on any atom is 0.416 e. The molecule has 1 atom stereocenters. The fourth-order valence-corrected chi connectivity index (χ4v) is 2.33. The zero-order valence-corrected chi connectivity index (χ0v) is 13.2. The van der Waals surface area contributed by atoms with Crippen LogP contribution in [0.4, 0.5) is 13.2 Å². The molecule has 5 nitrogen and oxygen atoms in total. The lowest BCUT2D eigenvalue weighted by Crippen LogP contribution is -2.42. The Bertz CT molecular complexity index is 855. The predicted molar refractivity (Wildman–Crippen MR) is 85.2 cm³/mol. The Morgan fingerprint density at radius 2 is 1.73 bits per heavy atom. The second-order valence-electron chi connectivity index (χ2n) is 5.41. The number of hydrogen-bond acceptors (Lipinski definition) is 3. The van der Waals surface area contributed by atoms with Crippen LogP contribution in [0.5, 0.6) is 0 Å². The summed E-state index contributed by atoms with van der Waals surface area (Å²) < 4.78 is 39.1. The smallest absolute Gasteiger partial charge is 0.416 e. The molecule has 2 N–H and O–H groups in total. The summed E-state index contributed by atoms with van der Waals surface area (Å²) in [6.45, 7) is 0. The van der Waals surface area contributed by atoms with E-state index < -0.39 is 36.1 Å². The molecule has 0 saturated carbocycles. The first-order chi connectivity index (χ1) is 12.2. The van der Waals surface area contributed by atoms with Gasteiger partial charge in [0.15, 0.2) is 0 Å². The van der Waals surface area contributed by atoms with Gasteiger partial charge in [0.2, 0.25) is 0 Å². The summed E-state index contributed by atoms with van der Waals surface area (Å²) in [6.07, 6.45) is -5.15. The van der Waals surface area contributed by atoms with Crippen molar-refractivity contribution >= 4 is 11.9 Å². The van der Waals surface area contributed by atoms with Crippen LogP contribution in [0.15, 0.2) is 48.5 Å². The molecule has 1 amide bonds. The monoisotopic (exact) mass is 362 g/mol. The number of nitrogens with zero attached hydrogens (tertiary/aromatic N) is 1.